The highest BCUT2D eigenvalue weighted by Gasteiger charge is 2.17. The summed E-state index contributed by atoms with van der Waals surface area (Å²) in [4.78, 5) is 16.6. The van der Waals surface area contributed by atoms with Gasteiger partial charge in [0, 0.05) is 44.2 Å². The van der Waals surface area contributed by atoms with Gasteiger partial charge >= 0.3 is 0 Å². The topological polar surface area (TPSA) is 107 Å². The zero-order chi connectivity index (χ0) is 20.1. The van der Waals surface area contributed by atoms with Crippen molar-refractivity contribution in [1.82, 2.24) is 30.3 Å². The average Bonchev–Trinajstić information content (AvgIpc) is 3.25. The number of ether oxygens (including phenoxy) is 2. The molecule has 3 aromatic rings. The Balaban J connectivity index is 1.59. The van der Waals surface area contributed by atoms with Crippen LogP contribution in [0.1, 0.15) is 27.4 Å². The van der Waals surface area contributed by atoms with E-state index in [4.69, 9.17) is 9.47 Å². The average molecular weight is 384 g/mol. The molecule has 3 aromatic heterocycles. The number of nitrogens with one attached hydrogen (secondary N) is 2. The lowest BCUT2D eigenvalue weighted by Gasteiger charge is -2.06. The van der Waals surface area contributed by atoms with Crippen molar-refractivity contribution >= 4 is 5.91 Å². The number of carbonyl (C=O) groups excluding carboxylic acids is 1. The zero-order valence-corrected chi connectivity index (χ0v) is 16.4. The molecule has 9 heteroatoms. The van der Waals surface area contributed by atoms with E-state index >= 15 is 0 Å². The normalized spacial score (nSPS) is 10.9. The number of pyridine rings is 1. The molecule has 2 N–H and O–H groups in total. The summed E-state index contributed by atoms with van der Waals surface area (Å²) in [5.74, 6) is 0.283. The van der Waals surface area contributed by atoms with Crippen molar-refractivity contribution in [2.24, 2.45) is 7.05 Å². The van der Waals surface area contributed by atoms with Crippen LogP contribution in [0.3, 0.4) is 0 Å². The van der Waals surface area contributed by atoms with Crippen LogP contribution < -0.4 is 10.1 Å². The van der Waals surface area contributed by atoms with Crippen LogP contribution >= 0.6 is 0 Å². The van der Waals surface area contributed by atoms with Crippen molar-refractivity contribution < 1.29 is 14.3 Å². The van der Waals surface area contributed by atoms with Gasteiger partial charge in [0.25, 0.3) is 5.91 Å². The molecule has 0 saturated heterocycles. The molecule has 0 aliphatic carbocycles. The van der Waals surface area contributed by atoms with Gasteiger partial charge in [-0.3, -0.25) is 14.6 Å². The van der Waals surface area contributed by atoms with Crippen molar-refractivity contribution in [3.05, 3.63) is 47.0 Å². The fourth-order valence-corrected chi connectivity index (χ4v) is 2.82. The Morgan fingerprint density at radius 3 is 2.75 bits per heavy atom. The summed E-state index contributed by atoms with van der Waals surface area (Å²) in [6.45, 7) is 5.19. The maximum Gasteiger partial charge on any atom is 0.269 e. The van der Waals surface area contributed by atoms with Crippen LogP contribution in [0, 0.1) is 13.8 Å². The zero-order valence-electron chi connectivity index (χ0n) is 16.4. The van der Waals surface area contributed by atoms with E-state index in [1.807, 2.05) is 27.0 Å². The SMILES string of the molecule is COCCOc1ccc(CNC(=O)c2cc(-c3c(C)nn(C)c3C)n[nH]2)cn1. The van der Waals surface area contributed by atoms with Crippen LogP contribution in [0.2, 0.25) is 0 Å². The molecule has 0 spiro atoms. The molecule has 0 aliphatic rings. The summed E-state index contributed by atoms with van der Waals surface area (Å²) >= 11 is 0. The highest BCUT2D eigenvalue weighted by molar-refractivity contribution is 5.93. The van der Waals surface area contributed by atoms with Crippen LogP contribution in [0.25, 0.3) is 11.3 Å². The van der Waals surface area contributed by atoms with Gasteiger partial charge in [-0.2, -0.15) is 10.2 Å². The summed E-state index contributed by atoms with van der Waals surface area (Å²) in [7, 11) is 3.50. The van der Waals surface area contributed by atoms with Gasteiger partial charge in [0.15, 0.2) is 0 Å². The molecule has 0 saturated carbocycles. The number of hydrogen-bond donors (Lipinski definition) is 2. The number of hydrogen-bond acceptors (Lipinski definition) is 6. The molecular formula is C19H24N6O3. The molecule has 28 heavy (non-hydrogen) atoms. The lowest BCUT2D eigenvalue weighted by molar-refractivity contribution is 0.0946. The van der Waals surface area contributed by atoms with Gasteiger partial charge in [0.2, 0.25) is 5.88 Å². The Hall–Kier alpha value is -3.20. The number of nitrogens with zero attached hydrogens (tertiary/aromatic N) is 4. The maximum atomic E-state index is 12.4. The number of aryl methyl sites for hydroxylation is 2. The van der Waals surface area contributed by atoms with Gasteiger partial charge in [0.05, 0.1) is 18.0 Å². The first-order valence-electron chi connectivity index (χ1n) is 8.90. The molecule has 0 aromatic carbocycles. The molecule has 0 bridgehead atoms. The Labute approximate surface area is 163 Å². The standard InChI is InChI=1S/C19H24N6O3/c1-12-18(13(2)25(3)24-12)15-9-16(23-22-15)19(26)21-11-14-5-6-17(20-10-14)28-8-7-27-4/h5-6,9-10H,7-8,11H2,1-4H3,(H,21,26)(H,22,23). The van der Waals surface area contributed by atoms with Gasteiger partial charge in [-0.1, -0.05) is 6.07 Å². The Morgan fingerprint density at radius 2 is 2.11 bits per heavy atom. The number of carbonyl (C=O) groups is 1. The first-order valence-corrected chi connectivity index (χ1v) is 8.90. The summed E-state index contributed by atoms with van der Waals surface area (Å²) in [5.41, 5.74) is 4.77. The largest absolute Gasteiger partial charge is 0.475 e. The smallest absolute Gasteiger partial charge is 0.269 e. The molecule has 148 valence electrons. The van der Waals surface area contributed by atoms with Gasteiger partial charge < -0.3 is 14.8 Å². The fourth-order valence-electron chi connectivity index (χ4n) is 2.82. The highest BCUT2D eigenvalue weighted by atomic mass is 16.5. The van der Waals surface area contributed by atoms with E-state index in [1.165, 1.54) is 0 Å². The van der Waals surface area contributed by atoms with Crippen molar-refractivity contribution in [1.29, 1.82) is 0 Å². The van der Waals surface area contributed by atoms with E-state index < -0.39 is 0 Å². The monoisotopic (exact) mass is 384 g/mol. The van der Waals surface area contributed by atoms with Crippen LogP contribution in [0.4, 0.5) is 0 Å². The Kier molecular flexibility index (Phi) is 6.05. The second kappa shape index (κ2) is 8.66. The third kappa shape index (κ3) is 4.37. The van der Waals surface area contributed by atoms with Gasteiger partial charge in [-0.15, -0.1) is 0 Å². The molecule has 0 unspecified atom stereocenters. The second-order valence-corrected chi connectivity index (χ2v) is 6.36. The maximum absolute atomic E-state index is 12.4. The van der Waals surface area contributed by atoms with Gasteiger partial charge in [-0.25, -0.2) is 4.98 Å². The van der Waals surface area contributed by atoms with Gasteiger partial charge in [-0.05, 0) is 25.5 Å². The minimum Gasteiger partial charge on any atom is -0.475 e. The van der Waals surface area contributed by atoms with Gasteiger partial charge in [0.1, 0.15) is 12.3 Å². The van der Waals surface area contributed by atoms with Crippen LogP contribution in [0.15, 0.2) is 24.4 Å². The number of aromatic nitrogens is 5. The molecule has 0 atom stereocenters. The van der Waals surface area contributed by atoms with Crippen molar-refractivity contribution in [2.75, 3.05) is 20.3 Å². The van der Waals surface area contributed by atoms with Crippen LogP contribution in [0.5, 0.6) is 5.88 Å². The van der Waals surface area contributed by atoms with E-state index in [2.05, 4.69) is 25.6 Å². The minimum absolute atomic E-state index is 0.238. The number of aromatic amines is 1. The molecule has 3 rings (SSSR count). The predicted molar refractivity (Wildman–Crippen MR) is 103 cm³/mol. The molecule has 3 heterocycles. The lowest BCUT2D eigenvalue weighted by Crippen LogP contribution is -2.23. The summed E-state index contributed by atoms with van der Waals surface area (Å²) in [6.07, 6.45) is 1.67. The van der Waals surface area contributed by atoms with Crippen LogP contribution in [-0.2, 0) is 18.3 Å². The fraction of sp³-hybridized carbons (Fsp3) is 0.368. The van der Waals surface area contributed by atoms with Crippen LogP contribution in [-0.4, -0.2) is 51.2 Å². The lowest BCUT2D eigenvalue weighted by atomic mass is 10.1. The number of methoxy groups -OCH3 is 1. The minimum atomic E-state index is -0.238. The summed E-state index contributed by atoms with van der Waals surface area (Å²) < 4.78 is 12.1. The molecule has 0 fully saturated rings. The predicted octanol–water partition coefficient (Wildman–Crippen LogP) is 1.78. The van der Waals surface area contributed by atoms with Crippen molar-refractivity contribution in [3.8, 4) is 17.1 Å². The first-order chi connectivity index (χ1) is 13.5. The molecule has 0 aliphatic heterocycles. The number of rotatable bonds is 8. The van der Waals surface area contributed by atoms with E-state index in [9.17, 15) is 4.79 Å². The summed E-state index contributed by atoms with van der Waals surface area (Å²) in [6, 6.07) is 5.35. The number of amides is 1. The second-order valence-electron chi connectivity index (χ2n) is 6.36. The third-order valence-electron chi connectivity index (χ3n) is 4.38. The molecule has 1 amide bonds. The van der Waals surface area contributed by atoms with E-state index in [1.54, 1.807) is 30.1 Å². The van der Waals surface area contributed by atoms with Crippen molar-refractivity contribution in [2.45, 2.75) is 20.4 Å². The third-order valence-corrected chi connectivity index (χ3v) is 4.38. The van der Waals surface area contributed by atoms with E-state index in [-0.39, 0.29) is 5.91 Å². The highest BCUT2D eigenvalue weighted by Crippen LogP contribution is 2.25. The molecular weight excluding hydrogens is 360 g/mol. The summed E-state index contributed by atoms with van der Waals surface area (Å²) in [5, 5.41) is 14.3. The molecule has 0 radical (unpaired) electrons. The molecule has 9 nitrogen and oxygen atoms in total. The van der Waals surface area contributed by atoms with Crippen molar-refractivity contribution in [3.63, 3.8) is 0 Å². The quantitative estimate of drug-likeness (QED) is 0.573. The first kappa shape index (κ1) is 19.6. The van der Waals surface area contributed by atoms with E-state index in [0.29, 0.717) is 37.0 Å². The Bertz CT molecular complexity index is 945. The number of H-pyrrole nitrogens is 1. The Morgan fingerprint density at radius 1 is 1.29 bits per heavy atom. The van der Waals surface area contributed by atoms with E-state index in [0.717, 1.165) is 22.5 Å².